The number of aryl methyl sites for hydroxylation is 2. The summed E-state index contributed by atoms with van der Waals surface area (Å²) in [5, 5.41) is 1.66. The largest absolute Gasteiger partial charge is 0.334 e. The SMILES string of the molecule is CCc1ccc(CCC(=O)N2C/C(=C\c3ccc(Cl)c(Cl)c3)C(=O)/C(=C/c3ccc(Cl)c(Cl)c3)C2)cc1. The molecule has 1 amide bonds. The van der Waals surface area contributed by atoms with E-state index in [0.717, 1.165) is 23.1 Å². The minimum atomic E-state index is -0.128. The Kier molecular flexibility index (Phi) is 9.15. The number of carbonyl (C=O) groups excluding carboxylic acids is 2. The molecule has 4 rings (SSSR count). The van der Waals surface area contributed by atoms with Gasteiger partial charge in [-0.05, 0) is 71.5 Å². The molecule has 0 bridgehead atoms. The number of piperidine rings is 1. The Morgan fingerprint density at radius 1 is 0.757 bits per heavy atom. The molecule has 1 heterocycles. The first-order chi connectivity index (χ1) is 17.7. The third kappa shape index (κ3) is 7.06. The van der Waals surface area contributed by atoms with Crippen molar-refractivity contribution in [2.24, 2.45) is 0 Å². The molecule has 0 aliphatic carbocycles. The normalized spacial score (nSPS) is 16.0. The van der Waals surface area contributed by atoms with Gasteiger partial charge >= 0.3 is 0 Å². The molecule has 0 N–H and O–H groups in total. The second-order valence-electron chi connectivity index (χ2n) is 8.94. The molecule has 1 saturated heterocycles. The number of carbonyl (C=O) groups is 2. The number of Topliss-reactive ketones (excluding diaryl/α,β-unsaturated/α-hetero) is 1. The van der Waals surface area contributed by atoms with Crippen molar-refractivity contribution in [1.82, 2.24) is 4.90 Å². The quantitative estimate of drug-likeness (QED) is 0.278. The molecule has 0 aromatic heterocycles. The van der Waals surface area contributed by atoms with E-state index in [0.29, 0.717) is 44.1 Å². The standard InChI is InChI=1S/C30H25Cl4NO2/c1-2-19-3-5-20(6-4-19)9-12-29(36)35-17-23(13-21-7-10-25(31)27(33)15-21)30(37)24(18-35)14-22-8-11-26(32)28(34)16-22/h3-8,10-11,13-16H,2,9,12,17-18H2,1H3/b23-13+,24-14+. The fourth-order valence-corrected chi connectivity index (χ4v) is 4.79. The molecule has 1 fully saturated rings. The van der Waals surface area contributed by atoms with E-state index in [1.165, 1.54) is 5.56 Å². The molecule has 37 heavy (non-hydrogen) atoms. The zero-order chi connectivity index (χ0) is 26.5. The first-order valence-corrected chi connectivity index (χ1v) is 13.5. The summed E-state index contributed by atoms with van der Waals surface area (Å²) in [4.78, 5) is 28.4. The summed E-state index contributed by atoms with van der Waals surface area (Å²) in [6.07, 6.45) is 5.47. The average Bonchev–Trinajstić information content (AvgIpc) is 2.89. The number of hydrogen-bond donors (Lipinski definition) is 0. The molecule has 0 spiro atoms. The number of hydrogen-bond acceptors (Lipinski definition) is 2. The van der Waals surface area contributed by atoms with Crippen molar-refractivity contribution in [2.45, 2.75) is 26.2 Å². The minimum Gasteiger partial charge on any atom is -0.334 e. The summed E-state index contributed by atoms with van der Waals surface area (Å²) >= 11 is 24.5. The van der Waals surface area contributed by atoms with Crippen LogP contribution in [0.2, 0.25) is 20.1 Å². The summed E-state index contributed by atoms with van der Waals surface area (Å²) in [7, 11) is 0. The van der Waals surface area contributed by atoms with E-state index in [-0.39, 0.29) is 24.8 Å². The van der Waals surface area contributed by atoms with Crippen LogP contribution in [0.1, 0.15) is 35.6 Å². The zero-order valence-electron chi connectivity index (χ0n) is 20.2. The Morgan fingerprint density at radius 3 is 1.70 bits per heavy atom. The van der Waals surface area contributed by atoms with Crippen LogP contribution in [-0.4, -0.2) is 29.7 Å². The number of benzene rings is 3. The van der Waals surface area contributed by atoms with Gasteiger partial charge in [-0.3, -0.25) is 9.59 Å². The Bertz CT molecular complexity index is 1320. The van der Waals surface area contributed by atoms with Crippen LogP contribution < -0.4 is 0 Å². The number of likely N-dealkylation sites (tertiary alicyclic amines) is 1. The van der Waals surface area contributed by atoms with Crippen molar-refractivity contribution in [3.63, 3.8) is 0 Å². The van der Waals surface area contributed by atoms with Gasteiger partial charge in [-0.15, -0.1) is 0 Å². The summed E-state index contributed by atoms with van der Waals surface area (Å²) in [5.41, 5.74) is 4.83. The summed E-state index contributed by atoms with van der Waals surface area (Å²) < 4.78 is 0. The predicted octanol–water partition coefficient (Wildman–Crippen LogP) is 8.37. The maximum atomic E-state index is 13.5. The van der Waals surface area contributed by atoms with E-state index in [9.17, 15) is 9.59 Å². The molecule has 0 unspecified atom stereocenters. The summed E-state index contributed by atoms with van der Waals surface area (Å²) in [5.74, 6) is -0.150. The van der Waals surface area contributed by atoms with Crippen LogP contribution in [-0.2, 0) is 22.4 Å². The van der Waals surface area contributed by atoms with Gasteiger partial charge in [0.25, 0.3) is 0 Å². The highest BCUT2D eigenvalue weighted by molar-refractivity contribution is 6.42. The predicted molar refractivity (Wildman–Crippen MR) is 155 cm³/mol. The molecule has 0 saturated carbocycles. The number of ketones is 1. The molecule has 3 aromatic carbocycles. The molecule has 1 aliphatic rings. The van der Waals surface area contributed by atoms with E-state index in [1.54, 1.807) is 53.5 Å². The second kappa shape index (κ2) is 12.3. The molecule has 7 heteroatoms. The van der Waals surface area contributed by atoms with Crippen molar-refractivity contribution in [3.8, 4) is 0 Å². The van der Waals surface area contributed by atoms with Gasteiger partial charge < -0.3 is 4.90 Å². The smallest absolute Gasteiger partial charge is 0.223 e. The van der Waals surface area contributed by atoms with Crippen molar-refractivity contribution in [2.75, 3.05) is 13.1 Å². The molecular weight excluding hydrogens is 548 g/mol. The van der Waals surface area contributed by atoms with Crippen LogP contribution in [0.25, 0.3) is 12.2 Å². The first-order valence-electron chi connectivity index (χ1n) is 11.9. The van der Waals surface area contributed by atoms with E-state index in [1.807, 2.05) is 0 Å². The molecular formula is C30H25Cl4NO2. The van der Waals surface area contributed by atoms with Gasteiger partial charge in [-0.1, -0.05) is 89.7 Å². The maximum absolute atomic E-state index is 13.5. The van der Waals surface area contributed by atoms with Crippen LogP contribution in [0, 0.1) is 0 Å². The second-order valence-corrected chi connectivity index (χ2v) is 10.6. The van der Waals surface area contributed by atoms with Crippen molar-refractivity contribution < 1.29 is 9.59 Å². The zero-order valence-corrected chi connectivity index (χ0v) is 23.3. The van der Waals surface area contributed by atoms with Crippen molar-refractivity contribution in [3.05, 3.63) is 114 Å². The maximum Gasteiger partial charge on any atom is 0.223 e. The molecule has 3 nitrogen and oxygen atoms in total. The van der Waals surface area contributed by atoms with Gasteiger partial charge in [0.1, 0.15) is 0 Å². The number of rotatable bonds is 6. The fourth-order valence-electron chi connectivity index (χ4n) is 4.17. The highest BCUT2D eigenvalue weighted by Crippen LogP contribution is 2.28. The van der Waals surface area contributed by atoms with Crippen molar-refractivity contribution in [1.29, 1.82) is 0 Å². The van der Waals surface area contributed by atoms with Crippen LogP contribution in [0.3, 0.4) is 0 Å². The average molecular weight is 573 g/mol. The van der Waals surface area contributed by atoms with Gasteiger partial charge in [0, 0.05) is 30.7 Å². The van der Waals surface area contributed by atoms with E-state index < -0.39 is 0 Å². The first kappa shape index (κ1) is 27.5. The number of nitrogens with zero attached hydrogens (tertiary/aromatic N) is 1. The van der Waals surface area contributed by atoms with Gasteiger partial charge in [0.05, 0.1) is 20.1 Å². The van der Waals surface area contributed by atoms with E-state index in [2.05, 4.69) is 31.2 Å². The van der Waals surface area contributed by atoms with Crippen molar-refractivity contribution >= 4 is 70.2 Å². The van der Waals surface area contributed by atoms with Crippen LogP contribution in [0.5, 0.6) is 0 Å². The van der Waals surface area contributed by atoms with Gasteiger partial charge in [-0.25, -0.2) is 0 Å². The lowest BCUT2D eigenvalue weighted by Gasteiger charge is -2.30. The Balaban J connectivity index is 1.61. The van der Waals surface area contributed by atoms with Gasteiger partial charge in [0.15, 0.2) is 5.78 Å². The third-order valence-electron chi connectivity index (χ3n) is 6.29. The number of amides is 1. The Labute approximate surface area is 237 Å². The topological polar surface area (TPSA) is 37.4 Å². The van der Waals surface area contributed by atoms with Gasteiger partial charge in [0.2, 0.25) is 5.91 Å². The monoisotopic (exact) mass is 571 g/mol. The van der Waals surface area contributed by atoms with E-state index in [4.69, 9.17) is 46.4 Å². The summed E-state index contributed by atoms with van der Waals surface area (Å²) in [6, 6.07) is 18.7. The number of halogens is 4. The van der Waals surface area contributed by atoms with E-state index >= 15 is 0 Å². The Hall–Kier alpha value is -2.56. The highest BCUT2D eigenvalue weighted by atomic mass is 35.5. The Morgan fingerprint density at radius 2 is 1.24 bits per heavy atom. The summed E-state index contributed by atoms with van der Waals surface area (Å²) in [6.45, 7) is 2.54. The lowest BCUT2D eigenvalue weighted by Crippen LogP contribution is -2.41. The fraction of sp³-hybridized carbons (Fsp3) is 0.200. The molecule has 0 atom stereocenters. The van der Waals surface area contributed by atoms with Crippen LogP contribution in [0.15, 0.2) is 71.8 Å². The lowest BCUT2D eigenvalue weighted by molar-refractivity contribution is -0.131. The van der Waals surface area contributed by atoms with Gasteiger partial charge in [-0.2, -0.15) is 0 Å². The third-order valence-corrected chi connectivity index (χ3v) is 7.76. The lowest BCUT2D eigenvalue weighted by atomic mass is 9.93. The van der Waals surface area contributed by atoms with Crippen LogP contribution >= 0.6 is 46.4 Å². The van der Waals surface area contributed by atoms with Crippen LogP contribution in [0.4, 0.5) is 0 Å². The minimum absolute atomic E-state index is 0.0212. The molecule has 0 radical (unpaired) electrons. The highest BCUT2D eigenvalue weighted by Gasteiger charge is 2.29. The molecule has 190 valence electrons. The molecule has 3 aromatic rings. The molecule has 1 aliphatic heterocycles.